The quantitative estimate of drug-likeness (QED) is 0.382. The topological polar surface area (TPSA) is 74.0 Å². The van der Waals surface area contributed by atoms with Crippen LogP contribution in [0.2, 0.25) is 0 Å². The molecule has 3 N–H and O–H groups in total. The van der Waals surface area contributed by atoms with E-state index >= 15 is 0 Å². The average molecular weight is 504 g/mol. The Kier molecular flexibility index (Phi) is 6.29. The number of aromatic nitrogens is 1. The lowest BCUT2D eigenvalue weighted by Gasteiger charge is -2.56. The molecule has 2 aromatic carbocycles. The Morgan fingerprint density at radius 1 is 1.00 bits per heavy atom. The molecule has 190 valence electrons. The molecule has 2 atom stereocenters. The molecule has 6 heteroatoms. The van der Waals surface area contributed by atoms with Gasteiger partial charge in [0, 0.05) is 30.1 Å². The van der Waals surface area contributed by atoms with Gasteiger partial charge < -0.3 is 10.3 Å². The van der Waals surface area contributed by atoms with Gasteiger partial charge in [0.1, 0.15) is 5.54 Å². The Morgan fingerprint density at radius 2 is 1.64 bits per heavy atom. The third-order valence-electron chi connectivity index (χ3n) is 8.96. The van der Waals surface area contributed by atoms with E-state index in [-0.39, 0.29) is 10.7 Å². The fraction of sp³-hybridized carbons (Fsp3) is 0.500. The van der Waals surface area contributed by atoms with E-state index in [1.54, 1.807) is 0 Å². The molecule has 1 aromatic heterocycles. The summed E-state index contributed by atoms with van der Waals surface area (Å²) < 4.78 is 17.4. The Bertz CT molecular complexity index is 1230. The second kappa shape index (κ2) is 9.46. The maximum atomic E-state index is 14.1. The van der Waals surface area contributed by atoms with Crippen LogP contribution in [0.15, 0.2) is 60.8 Å². The number of hydrogen-bond donors (Lipinski definition) is 3. The van der Waals surface area contributed by atoms with Crippen LogP contribution in [-0.4, -0.2) is 31.9 Å². The molecule has 3 aromatic rings. The minimum absolute atomic E-state index is 0.0817. The summed E-state index contributed by atoms with van der Waals surface area (Å²) in [6.45, 7) is 2.49. The number of aromatic amines is 1. The Balaban J connectivity index is 1.24. The third kappa shape index (κ3) is 4.54. The Labute approximate surface area is 216 Å². The summed E-state index contributed by atoms with van der Waals surface area (Å²) in [6.07, 6.45) is 10.3. The fourth-order valence-corrected chi connectivity index (χ4v) is 9.50. The number of para-hydroxylation sites is 1. The molecule has 1 unspecified atom stereocenters. The molecule has 1 amide bonds. The monoisotopic (exact) mass is 503 g/mol. The number of rotatable bonds is 9. The predicted molar refractivity (Wildman–Crippen MR) is 146 cm³/mol. The van der Waals surface area contributed by atoms with E-state index in [1.165, 1.54) is 24.8 Å². The van der Waals surface area contributed by atoms with Crippen LogP contribution in [0.25, 0.3) is 10.9 Å². The first-order valence-corrected chi connectivity index (χ1v) is 14.6. The summed E-state index contributed by atoms with van der Waals surface area (Å²) in [7, 11) is -1.27. The summed E-state index contributed by atoms with van der Waals surface area (Å²) in [5.41, 5.74) is 2.35. The smallest absolute Gasteiger partial charge is 0.241 e. The van der Waals surface area contributed by atoms with Gasteiger partial charge in [-0.25, -0.2) is 8.93 Å². The molecule has 0 aliphatic heterocycles. The number of carbonyl (C=O) groups excluding carboxylic acids is 1. The zero-order chi connectivity index (χ0) is 24.8. The molecule has 36 heavy (non-hydrogen) atoms. The molecule has 4 aliphatic carbocycles. The highest BCUT2D eigenvalue weighted by Gasteiger charge is 2.55. The molecule has 4 saturated carbocycles. The van der Waals surface area contributed by atoms with Crippen LogP contribution >= 0.6 is 0 Å². The maximum Gasteiger partial charge on any atom is 0.241 e. The van der Waals surface area contributed by atoms with Crippen LogP contribution in [0.4, 0.5) is 0 Å². The third-order valence-corrected chi connectivity index (χ3v) is 10.9. The number of H-pyrrole nitrogens is 1. The van der Waals surface area contributed by atoms with Gasteiger partial charge >= 0.3 is 0 Å². The molecule has 5 nitrogen and oxygen atoms in total. The van der Waals surface area contributed by atoms with Gasteiger partial charge in [-0.3, -0.25) is 4.79 Å². The second-order valence-corrected chi connectivity index (χ2v) is 13.4. The Morgan fingerprint density at radius 3 is 2.33 bits per heavy atom. The first-order valence-electron chi connectivity index (χ1n) is 13.5. The van der Waals surface area contributed by atoms with Crippen molar-refractivity contribution in [2.45, 2.75) is 68.6 Å². The van der Waals surface area contributed by atoms with Crippen molar-refractivity contribution in [2.75, 3.05) is 6.54 Å². The van der Waals surface area contributed by atoms with Crippen LogP contribution in [-0.2, 0) is 28.6 Å². The Hall–Kier alpha value is -2.44. The SMILES string of the molecule is C[C@@](Cc1c[nH]c2ccccc12)(NS(=O)C12CC3CC(CC(C3)C1)C2)C(=O)NCCc1ccccc1. The fourth-order valence-electron chi connectivity index (χ4n) is 7.55. The van der Waals surface area contributed by atoms with E-state index in [2.05, 4.69) is 39.3 Å². The van der Waals surface area contributed by atoms with Crippen molar-refractivity contribution in [2.24, 2.45) is 17.8 Å². The molecule has 4 bridgehead atoms. The van der Waals surface area contributed by atoms with E-state index in [0.29, 0.717) is 30.7 Å². The highest BCUT2D eigenvalue weighted by molar-refractivity contribution is 7.84. The molecule has 4 aliphatic rings. The number of benzene rings is 2. The predicted octanol–water partition coefficient (Wildman–Crippen LogP) is 5.05. The molecular weight excluding hydrogens is 466 g/mol. The van der Waals surface area contributed by atoms with Gasteiger partial charge in [-0.2, -0.15) is 0 Å². The molecule has 0 radical (unpaired) electrons. The highest BCUT2D eigenvalue weighted by Crippen LogP contribution is 2.57. The molecule has 0 saturated heterocycles. The molecule has 1 heterocycles. The van der Waals surface area contributed by atoms with E-state index in [4.69, 9.17) is 0 Å². The zero-order valence-corrected chi connectivity index (χ0v) is 21.9. The standard InChI is InChI=1S/C30H37N3O2S/c1-29(19-25-20-32-27-10-6-5-9-26(25)27,28(34)31-12-11-21-7-3-2-4-8-21)33-36(35)30-16-22-13-23(17-30)15-24(14-22)18-30/h2-10,20,22-24,32-33H,11-19H2,1H3,(H,31,34)/t22?,23?,24?,29-,30?,36?/m0/s1. The number of carbonyl (C=O) groups is 1. The average Bonchev–Trinajstić information content (AvgIpc) is 3.26. The van der Waals surface area contributed by atoms with Crippen LogP contribution in [0, 0.1) is 17.8 Å². The number of amides is 1. The maximum absolute atomic E-state index is 14.1. The summed E-state index contributed by atoms with van der Waals surface area (Å²) in [4.78, 5) is 17.1. The molecule has 4 fully saturated rings. The van der Waals surface area contributed by atoms with Crippen molar-refractivity contribution in [1.29, 1.82) is 0 Å². The van der Waals surface area contributed by atoms with Crippen molar-refractivity contribution in [3.63, 3.8) is 0 Å². The van der Waals surface area contributed by atoms with Crippen molar-refractivity contribution in [3.05, 3.63) is 71.9 Å². The largest absolute Gasteiger partial charge is 0.361 e. The van der Waals surface area contributed by atoms with E-state index < -0.39 is 16.5 Å². The molecule has 7 rings (SSSR count). The van der Waals surface area contributed by atoms with Crippen molar-refractivity contribution in [1.82, 2.24) is 15.0 Å². The lowest BCUT2D eigenvalue weighted by atomic mass is 9.56. The first kappa shape index (κ1) is 23.9. The van der Waals surface area contributed by atoms with Gasteiger partial charge in [0.05, 0.1) is 15.7 Å². The van der Waals surface area contributed by atoms with E-state index in [0.717, 1.165) is 42.1 Å². The van der Waals surface area contributed by atoms with Crippen molar-refractivity contribution in [3.8, 4) is 0 Å². The van der Waals surface area contributed by atoms with Gasteiger partial charge in [0.15, 0.2) is 0 Å². The van der Waals surface area contributed by atoms with E-state index in [9.17, 15) is 9.00 Å². The van der Waals surface area contributed by atoms with Crippen molar-refractivity contribution < 1.29 is 9.00 Å². The van der Waals surface area contributed by atoms with Gasteiger partial charge in [-0.05, 0) is 86.8 Å². The van der Waals surface area contributed by atoms with Crippen LogP contribution in [0.5, 0.6) is 0 Å². The van der Waals surface area contributed by atoms with Crippen LogP contribution < -0.4 is 10.0 Å². The second-order valence-electron chi connectivity index (χ2n) is 11.8. The summed E-state index contributed by atoms with van der Waals surface area (Å²) in [5.74, 6) is 2.05. The number of hydrogen-bond acceptors (Lipinski definition) is 2. The summed E-state index contributed by atoms with van der Waals surface area (Å²) in [5, 5.41) is 4.28. The molecule has 0 spiro atoms. The number of fused-ring (bicyclic) bond motifs is 1. The highest BCUT2D eigenvalue weighted by atomic mass is 32.2. The summed E-state index contributed by atoms with van der Waals surface area (Å²) >= 11 is 0. The van der Waals surface area contributed by atoms with Gasteiger partial charge in [-0.1, -0.05) is 48.5 Å². The van der Waals surface area contributed by atoms with Crippen LogP contribution in [0.3, 0.4) is 0 Å². The number of nitrogens with one attached hydrogen (secondary N) is 3. The minimum atomic E-state index is -1.27. The van der Waals surface area contributed by atoms with Crippen LogP contribution in [0.1, 0.15) is 56.6 Å². The lowest BCUT2D eigenvalue weighted by molar-refractivity contribution is -0.126. The normalized spacial score (nSPS) is 29.2. The molecular formula is C30H37N3O2S. The van der Waals surface area contributed by atoms with Gasteiger partial charge in [-0.15, -0.1) is 0 Å². The first-order chi connectivity index (χ1) is 17.4. The van der Waals surface area contributed by atoms with Gasteiger partial charge in [0.2, 0.25) is 5.91 Å². The summed E-state index contributed by atoms with van der Waals surface area (Å²) in [6, 6.07) is 18.4. The zero-order valence-electron chi connectivity index (χ0n) is 21.1. The van der Waals surface area contributed by atoms with E-state index in [1.807, 2.05) is 43.5 Å². The lowest BCUT2D eigenvalue weighted by Crippen LogP contribution is -2.63. The van der Waals surface area contributed by atoms with Gasteiger partial charge in [0.25, 0.3) is 0 Å². The van der Waals surface area contributed by atoms with Crippen molar-refractivity contribution >= 4 is 27.8 Å². The minimum Gasteiger partial charge on any atom is -0.361 e.